The van der Waals surface area contributed by atoms with Crippen LogP contribution in [0.4, 0.5) is 18.9 Å². The Morgan fingerprint density at radius 2 is 1.54 bits per heavy atom. The number of alkyl halides is 3. The lowest BCUT2D eigenvalue weighted by atomic mass is 10.2. The fourth-order valence-electron chi connectivity index (χ4n) is 1.94. The number of nitrogens with one attached hydrogen (secondary N) is 1. The van der Waals surface area contributed by atoms with E-state index in [1.54, 1.807) is 19.1 Å². The number of anilines is 1. The first kappa shape index (κ1) is 18.0. The molecular weight excluding hydrogens is 343 g/mol. The van der Waals surface area contributed by atoms with E-state index in [9.17, 15) is 26.4 Å². The first-order valence-corrected chi connectivity index (χ1v) is 8.50. The third kappa shape index (κ3) is 4.58. The monoisotopic (exact) mass is 357 g/mol. The maximum Gasteiger partial charge on any atom is 0.416 e. The molecule has 0 radical (unpaired) electrons. The second kappa shape index (κ2) is 6.64. The second-order valence-electron chi connectivity index (χ2n) is 5.20. The van der Waals surface area contributed by atoms with Crippen LogP contribution >= 0.6 is 0 Å². The summed E-state index contributed by atoms with van der Waals surface area (Å²) in [5.74, 6) is -1.62. The van der Waals surface area contributed by atoms with Crippen LogP contribution in [0.3, 0.4) is 0 Å². The fourth-order valence-corrected chi connectivity index (χ4v) is 3.08. The number of carbonyl (C=O) groups excluding carboxylic acids is 1. The van der Waals surface area contributed by atoms with Crippen LogP contribution in [0.2, 0.25) is 0 Å². The average Bonchev–Trinajstić information content (AvgIpc) is 2.46. The van der Waals surface area contributed by atoms with Crippen LogP contribution in [0.1, 0.15) is 11.1 Å². The molecule has 0 fully saturated rings. The van der Waals surface area contributed by atoms with Gasteiger partial charge in [-0.15, -0.1) is 0 Å². The molecule has 0 aliphatic carbocycles. The number of rotatable bonds is 4. The first-order chi connectivity index (χ1) is 11.1. The molecule has 0 aliphatic rings. The van der Waals surface area contributed by atoms with Crippen molar-refractivity contribution in [1.29, 1.82) is 0 Å². The zero-order valence-electron chi connectivity index (χ0n) is 12.6. The molecule has 4 nitrogen and oxygen atoms in total. The van der Waals surface area contributed by atoms with Crippen molar-refractivity contribution in [3.8, 4) is 0 Å². The molecule has 0 aliphatic heterocycles. The highest BCUT2D eigenvalue weighted by Gasteiger charge is 2.30. The molecule has 2 aromatic rings. The Balaban J connectivity index is 2.06. The summed E-state index contributed by atoms with van der Waals surface area (Å²) < 4.78 is 61.6. The van der Waals surface area contributed by atoms with Gasteiger partial charge in [-0.3, -0.25) is 4.79 Å². The van der Waals surface area contributed by atoms with Crippen LogP contribution in [-0.2, 0) is 20.8 Å². The van der Waals surface area contributed by atoms with Crippen molar-refractivity contribution in [3.05, 3.63) is 59.7 Å². The predicted octanol–water partition coefficient (Wildman–Crippen LogP) is 3.43. The van der Waals surface area contributed by atoms with E-state index in [4.69, 9.17) is 0 Å². The quantitative estimate of drug-likeness (QED) is 0.912. The standard InChI is InChI=1S/C16H14F3NO3S/c1-11-2-8-14(9-3-11)24(22,23)10-15(21)20-13-6-4-12(5-7-13)16(17,18)19/h2-9H,10H2,1H3,(H,20,21). The molecular formula is C16H14F3NO3S. The van der Waals surface area contributed by atoms with Crippen molar-refractivity contribution in [2.24, 2.45) is 0 Å². The number of aryl methyl sites for hydroxylation is 1. The summed E-state index contributed by atoms with van der Waals surface area (Å²) in [6.45, 7) is 1.80. The van der Waals surface area contributed by atoms with Crippen molar-refractivity contribution in [2.45, 2.75) is 18.0 Å². The summed E-state index contributed by atoms with van der Waals surface area (Å²) in [5, 5.41) is 2.27. The summed E-state index contributed by atoms with van der Waals surface area (Å²) in [7, 11) is -3.82. The van der Waals surface area contributed by atoms with Crippen LogP contribution in [0.15, 0.2) is 53.4 Å². The van der Waals surface area contributed by atoms with E-state index in [0.717, 1.165) is 29.8 Å². The van der Waals surface area contributed by atoms with E-state index in [-0.39, 0.29) is 10.6 Å². The number of hydrogen-bond acceptors (Lipinski definition) is 3. The summed E-state index contributed by atoms with van der Waals surface area (Å²) in [6, 6.07) is 9.78. The number of benzene rings is 2. The van der Waals surface area contributed by atoms with Crippen molar-refractivity contribution >= 4 is 21.4 Å². The van der Waals surface area contributed by atoms with Gasteiger partial charge in [-0.05, 0) is 43.3 Å². The molecule has 0 unspecified atom stereocenters. The van der Waals surface area contributed by atoms with Crippen molar-refractivity contribution in [1.82, 2.24) is 0 Å². The molecule has 1 N–H and O–H groups in total. The minimum Gasteiger partial charge on any atom is -0.325 e. The molecule has 0 atom stereocenters. The lowest BCUT2D eigenvalue weighted by Gasteiger charge is -2.09. The molecule has 2 rings (SSSR count). The molecule has 0 heterocycles. The maximum atomic E-state index is 12.5. The zero-order chi connectivity index (χ0) is 18.0. The van der Waals surface area contributed by atoms with Crippen LogP contribution in [-0.4, -0.2) is 20.1 Å². The van der Waals surface area contributed by atoms with E-state index in [2.05, 4.69) is 5.32 Å². The third-order valence-electron chi connectivity index (χ3n) is 3.20. The van der Waals surface area contributed by atoms with Gasteiger partial charge in [0.2, 0.25) is 5.91 Å². The van der Waals surface area contributed by atoms with Gasteiger partial charge in [0.15, 0.2) is 9.84 Å². The summed E-state index contributed by atoms with van der Waals surface area (Å²) >= 11 is 0. The molecule has 1 amide bonds. The van der Waals surface area contributed by atoms with Crippen LogP contribution in [0.5, 0.6) is 0 Å². The molecule has 0 bridgehead atoms. The second-order valence-corrected chi connectivity index (χ2v) is 7.18. The molecule has 0 spiro atoms. The first-order valence-electron chi connectivity index (χ1n) is 6.84. The smallest absolute Gasteiger partial charge is 0.325 e. The zero-order valence-corrected chi connectivity index (χ0v) is 13.4. The highest BCUT2D eigenvalue weighted by molar-refractivity contribution is 7.92. The normalized spacial score (nSPS) is 12.0. The summed E-state index contributed by atoms with van der Waals surface area (Å²) in [5.41, 5.74) is 0.114. The van der Waals surface area contributed by atoms with Gasteiger partial charge in [0, 0.05) is 5.69 Å². The molecule has 0 aromatic heterocycles. The van der Waals surface area contributed by atoms with Gasteiger partial charge in [-0.25, -0.2) is 8.42 Å². The lowest BCUT2D eigenvalue weighted by Crippen LogP contribution is -2.23. The number of sulfone groups is 1. The Bertz CT molecular complexity index is 826. The van der Waals surface area contributed by atoms with E-state index in [0.29, 0.717) is 0 Å². The summed E-state index contributed by atoms with van der Waals surface area (Å²) in [6.07, 6.45) is -4.47. The molecule has 0 saturated carbocycles. The van der Waals surface area contributed by atoms with Crippen molar-refractivity contribution < 1.29 is 26.4 Å². The van der Waals surface area contributed by atoms with Gasteiger partial charge in [-0.2, -0.15) is 13.2 Å². The molecule has 8 heteroatoms. The highest BCUT2D eigenvalue weighted by atomic mass is 32.2. The van der Waals surface area contributed by atoms with Gasteiger partial charge < -0.3 is 5.32 Å². The number of amides is 1. The molecule has 128 valence electrons. The van der Waals surface area contributed by atoms with E-state index in [1.165, 1.54) is 12.1 Å². The Morgan fingerprint density at radius 3 is 2.04 bits per heavy atom. The van der Waals surface area contributed by atoms with E-state index in [1.807, 2.05) is 0 Å². The fraction of sp³-hybridized carbons (Fsp3) is 0.188. The highest BCUT2D eigenvalue weighted by Crippen LogP contribution is 2.29. The van der Waals surface area contributed by atoms with E-state index >= 15 is 0 Å². The number of hydrogen-bond donors (Lipinski definition) is 1. The molecule has 24 heavy (non-hydrogen) atoms. The number of carbonyl (C=O) groups is 1. The van der Waals surface area contributed by atoms with Crippen LogP contribution in [0, 0.1) is 6.92 Å². The Kier molecular flexibility index (Phi) is 4.98. The van der Waals surface area contributed by atoms with Gasteiger partial charge in [0.1, 0.15) is 5.75 Å². The van der Waals surface area contributed by atoms with Gasteiger partial charge in [-0.1, -0.05) is 17.7 Å². The minimum absolute atomic E-state index is 0.00988. The third-order valence-corrected chi connectivity index (χ3v) is 4.83. The maximum absolute atomic E-state index is 12.5. The average molecular weight is 357 g/mol. The topological polar surface area (TPSA) is 63.2 Å². The van der Waals surface area contributed by atoms with Gasteiger partial charge >= 0.3 is 6.18 Å². The summed E-state index contributed by atoms with van der Waals surface area (Å²) in [4.78, 5) is 11.8. The molecule has 0 saturated heterocycles. The largest absolute Gasteiger partial charge is 0.416 e. The Labute approximate surface area is 137 Å². The van der Waals surface area contributed by atoms with Gasteiger partial charge in [0.05, 0.1) is 10.5 Å². The number of halogens is 3. The van der Waals surface area contributed by atoms with E-state index < -0.39 is 33.2 Å². The van der Waals surface area contributed by atoms with Crippen LogP contribution < -0.4 is 5.32 Å². The SMILES string of the molecule is Cc1ccc(S(=O)(=O)CC(=O)Nc2ccc(C(F)(F)F)cc2)cc1. The predicted molar refractivity (Wildman–Crippen MR) is 83.3 cm³/mol. The Morgan fingerprint density at radius 1 is 1.00 bits per heavy atom. The lowest BCUT2D eigenvalue weighted by molar-refractivity contribution is -0.137. The van der Waals surface area contributed by atoms with Gasteiger partial charge in [0.25, 0.3) is 0 Å². The Hall–Kier alpha value is -2.35. The van der Waals surface area contributed by atoms with Crippen molar-refractivity contribution in [2.75, 3.05) is 11.1 Å². The molecule has 2 aromatic carbocycles. The minimum atomic E-state index is -4.47. The van der Waals surface area contributed by atoms with Crippen LogP contribution in [0.25, 0.3) is 0 Å². The van der Waals surface area contributed by atoms with Crippen molar-refractivity contribution in [3.63, 3.8) is 0 Å².